The molecule has 1 heterocycles. The van der Waals surface area contributed by atoms with E-state index in [9.17, 15) is 4.79 Å². The third kappa shape index (κ3) is 3.90. The first-order valence-corrected chi connectivity index (χ1v) is 7.69. The molecule has 5 nitrogen and oxygen atoms in total. The van der Waals surface area contributed by atoms with Crippen molar-refractivity contribution in [1.29, 1.82) is 0 Å². The zero-order valence-corrected chi connectivity index (χ0v) is 14.1. The highest BCUT2D eigenvalue weighted by atomic mass is 127. The van der Waals surface area contributed by atoms with E-state index >= 15 is 0 Å². The van der Waals surface area contributed by atoms with Gasteiger partial charge in [-0.05, 0) is 35.1 Å². The highest BCUT2D eigenvalue weighted by Crippen LogP contribution is 2.23. The van der Waals surface area contributed by atoms with Gasteiger partial charge in [0.1, 0.15) is 15.5 Å². The fraction of sp³-hybridized carbons (Fsp3) is 0.333. The van der Waals surface area contributed by atoms with Gasteiger partial charge >= 0.3 is 0 Å². The molecule has 0 amide bonds. The van der Waals surface area contributed by atoms with Gasteiger partial charge in [0.15, 0.2) is 0 Å². The lowest BCUT2D eigenvalue weighted by Crippen LogP contribution is -2.22. The van der Waals surface area contributed by atoms with Crippen molar-refractivity contribution < 1.29 is 9.47 Å². The molecular formula is C15H17IN2O3. The van der Waals surface area contributed by atoms with Gasteiger partial charge in [0.05, 0.1) is 12.3 Å². The minimum absolute atomic E-state index is 0.173. The molecule has 1 unspecified atom stereocenters. The summed E-state index contributed by atoms with van der Waals surface area (Å²) < 4.78 is 11.4. The first kappa shape index (κ1) is 16.1. The van der Waals surface area contributed by atoms with Crippen LogP contribution in [-0.2, 0) is 16.1 Å². The minimum atomic E-state index is -0.392. The van der Waals surface area contributed by atoms with Crippen molar-refractivity contribution in [2.24, 2.45) is 0 Å². The van der Waals surface area contributed by atoms with Crippen LogP contribution in [0, 0.1) is 3.57 Å². The average molecular weight is 400 g/mol. The first-order chi connectivity index (χ1) is 10.2. The molecule has 2 aromatic rings. The van der Waals surface area contributed by atoms with Crippen LogP contribution in [0.2, 0.25) is 0 Å². The molecule has 1 aromatic carbocycles. The molecule has 1 aromatic heterocycles. The Morgan fingerprint density at radius 3 is 2.67 bits per heavy atom. The van der Waals surface area contributed by atoms with Crippen molar-refractivity contribution in [3.8, 4) is 0 Å². The zero-order valence-electron chi connectivity index (χ0n) is 11.9. The number of ether oxygens (including phenoxy) is 2. The lowest BCUT2D eigenvalue weighted by atomic mass is 10.1. The molecule has 0 fully saturated rings. The molecule has 0 radical (unpaired) electrons. The van der Waals surface area contributed by atoms with Crippen LogP contribution in [0.5, 0.6) is 0 Å². The number of hydrogen-bond acceptors (Lipinski definition) is 4. The number of aromatic nitrogens is 2. The van der Waals surface area contributed by atoms with Gasteiger partial charge in [-0.1, -0.05) is 30.3 Å². The number of aromatic amines is 1. The summed E-state index contributed by atoms with van der Waals surface area (Å²) in [7, 11) is 1.58. The molecule has 21 heavy (non-hydrogen) atoms. The van der Waals surface area contributed by atoms with Crippen molar-refractivity contribution in [3.63, 3.8) is 0 Å². The summed E-state index contributed by atoms with van der Waals surface area (Å²) in [6, 6.07) is 9.71. The Morgan fingerprint density at radius 1 is 1.33 bits per heavy atom. The molecule has 0 bridgehead atoms. The van der Waals surface area contributed by atoms with Gasteiger partial charge < -0.3 is 14.5 Å². The predicted molar refractivity (Wildman–Crippen MR) is 88.2 cm³/mol. The molecular weight excluding hydrogens is 383 g/mol. The van der Waals surface area contributed by atoms with Crippen molar-refractivity contribution in [2.45, 2.75) is 19.6 Å². The second-order valence-electron chi connectivity index (χ2n) is 4.39. The number of halogens is 1. The largest absolute Gasteiger partial charge is 0.378 e. The smallest absolute Gasteiger partial charge is 0.264 e. The molecule has 2 rings (SSSR count). The Kier molecular flexibility index (Phi) is 5.89. The molecule has 0 aliphatic heterocycles. The maximum Gasteiger partial charge on any atom is 0.264 e. The lowest BCUT2D eigenvalue weighted by Gasteiger charge is -2.17. The van der Waals surface area contributed by atoms with E-state index in [-0.39, 0.29) is 5.56 Å². The molecule has 0 saturated heterocycles. The lowest BCUT2D eigenvalue weighted by molar-refractivity contribution is 0.0841. The molecule has 0 saturated carbocycles. The normalized spacial score (nSPS) is 12.3. The molecule has 112 valence electrons. The van der Waals surface area contributed by atoms with Gasteiger partial charge in [0.2, 0.25) is 0 Å². The number of benzene rings is 1. The third-order valence-corrected chi connectivity index (χ3v) is 4.03. The maximum atomic E-state index is 12.1. The summed E-state index contributed by atoms with van der Waals surface area (Å²) in [6.45, 7) is 2.73. The molecule has 1 N–H and O–H groups in total. The topological polar surface area (TPSA) is 64.2 Å². The first-order valence-electron chi connectivity index (χ1n) is 6.61. The SMILES string of the molecule is CCOC(c1ccccc1)c1nc(COC)c(I)c(=O)[nH]1. The summed E-state index contributed by atoms with van der Waals surface area (Å²) in [5.41, 5.74) is 1.40. The van der Waals surface area contributed by atoms with Crippen LogP contribution in [0.1, 0.15) is 30.1 Å². The second-order valence-corrected chi connectivity index (χ2v) is 5.47. The van der Waals surface area contributed by atoms with Crippen LogP contribution in [0.3, 0.4) is 0 Å². The van der Waals surface area contributed by atoms with Gasteiger partial charge in [-0.3, -0.25) is 4.79 Å². The zero-order chi connectivity index (χ0) is 15.2. The van der Waals surface area contributed by atoms with Gasteiger partial charge in [-0.15, -0.1) is 0 Å². The molecule has 0 aliphatic rings. The minimum Gasteiger partial charge on any atom is -0.378 e. The standard InChI is InChI=1S/C15H17IN2O3/c1-3-21-13(10-7-5-4-6-8-10)14-17-11(9-20-2)12(16)15(19)18-14/h4-8,13H,3,9H2,1-2H3,(H,17,18,19). The predicted octanol–water partition coefficient (Wildman–Crippen LogP) is 2.65. The third-order valence-electron chi connectivity index (χ3n) is 2.91. The van der Waals surface area contributed by atoms with E-state index in [1.165, 1.54) is 0 Å². The summed E-state index contributed by atoms with van der Waals surface area (Å²) in [5.74, 6) is 0.500. The van der Waals surface area contributed by atoms with Crippen LogP contribution in [0.15, 0.2) is 35.1 Å². The molecule has 6 heteroatoms. The van der Waals surface area contributed by atoms with Crippen LogP contribution in [0.4, 0.5) is 0 Å². The van der Waals surface area contributed by atoms with Crippen LogP contribution in [0.25, 0.3) is 0 Å². The van der Waals surface area contributed by atoms with E-state index < -0.39 is 6.10 Å². The van der Waals surface area contributed by atoms with Crippen LogP contribution >= 0.6 is 22.6 Å². The van der Waals surface area contributed by atoms with E-state index in [0.29, 0.717) is 28.3 Å². The number of H-pyrrole nitrogens is 1. The van der Waals surface area contributed by atoms with E-state index in [1.807, 2.05) is 59.8 Å². The Balaban J connectivity index is 2.48. The van der Waals surface area contributed by atoms with E-state index in [4.69, 9.17) is 9.47 Å². The number of hydrogen-bond donors (Lipinski definition) is 1. The number of rotatable bonds is 6. The number of nitrogens with zero attached hydrogens (tertiary/aromatic N) is 1. The fourth-order valence-corrected chi connectivity index (χ4v) is 2.42. The quantitative estimate of drug-likeness (QED) is 0.758. The summed E-state index contributed by atoms with van der Waals surface area (Å²) in [6.07, 6.45) is -0.392. The van der Waals surface area contributed by atoms with Crippen molar-refractivity contribution in [3.05, 3.63) is 61.3 Å². The Morgan fingerprint density at radius 2 is 2.05 bits per heavy atom. The Labute approximate surface area is 136 Å². The van der Waals surface area contributed by atoms with Gasteiger partial charge in [0, 0.05) is 13.7 Å². The Bertz CT molecular complexity index is 643. The van der Waals surface area contributed by atoms with Crippen molar-refractivity contribution >= 4 is 22.6 Å². The fourth-order valence-electron chi connectivity index (χ4n) is 2.01. The van der Waals surface area contributed by atoms with E-state index in [1.54, 1.807) is 7.11 Å². The number of nitrogens with one attached hydrogen (secondary N) is 1. The number of methoxy groups -OCH3 is 1. The van der Waals surface area contributed by atoms with E-state index in [2.05, 4.69) is 9.97 Å². The molecule has 1 atom stereocenters. The van der Waals surface area contributed by atoms with E-state index in [0.717, 1.165) is 5.56 Å². The highest BCUT2D eigenvalue weighted by Gasteiger charge is 2.19. The van der Waals surface area contributed by atoms with Crippen LogP contribution in [-0.4, -0.2) is 23.7 Å². The maximum absolute atomic E-state index is 12.1. The summed E-state index contributed by atoms with van der Waals surface area (Å²) in [5, 5.41) is 0. The molecule has 0 aliphatic carbocycles. The Hall–Kier alpha value is -1.25. The molecule has 0 spiro atoms. The van der Waals surface area contributed by atoms with Gasteiger partial charge in [0.25, 0.3) is 5.56 Å². The van der Waals surface area contributed by atoms with Crippen molar-refractivity contribution in [1.82, 2.24) is 9.97 Å². The highest BCUT2D eigenvalue weighted by molar-refractivity contribution is 14.1. The van der Waals surface area contributed by atoms with Crippen molar-refractivity contribution in [2.75, 3.05) is 13.7 Å². The van der Waals surface area contributed by atoms with Gasteiger partial charge in [-0.2, -0.15) is 0 Å². The monoisotopic (exact) mass is 400 g/mol. The average Bonchev–Trinajstić information content (AvgIpc) is 2.50. The summed E-state index contributed by atoms with van der Waals surface area (Å²) >= 11 is 1.98. The van der Waals surface area contributed by atoms with Crippen LogP contribution < -0.4 is 5.56 Å². The second kappa shape index (κ2) is 7.67. The summed E-state index contributed by atoms with van der Waals surface area (Å²) in [4.78, 5) is 19.4. The van der Waals surface area contributed by atoms with Gasteiger partial charge in [-0.25, -0.2) is 4.98 Å².